The molecule has 0 saturated heterocycles. The fraction of sp³-hybridized carbons (Fsp3) is 0.462. The first-order valence-corrected chi connectivity index (χ1v) is 10.8. The van der Waals surface area contributed by atoms with Crippen LogP contribution in [0.15, 0.2) is 36.4 Å². The molecule has 152 valence electrons. The Bertz CT molecular complexity index is 998. The van der Waals surface area contributed by atoms with Crippen LogP contribution in [0.5, 0.6) is 11.5 Å². The molecule has 0 unspecified atom stereocenters. The van der Waals surface area contributed by atoms with Gasteiger partial charge in [0.2, 0.25) is 0 Å². The van der Waals surface area contributed by atoms with Crippen molar-refractivity contribution in [3.63, 3.8) is 0 Å². The van der Waals surface area contributed by atoms with E-state index in [1.165, 1.54) is 5.56 Å². The molecular formula is C26H30O3. The summed E-state index contributed by atoms with van der Waals surface area (Å²) in [5.74, 6) is 1.89. The van der Waals surface area contributed by atoms with Crippen LogP contribution < -0.4 is 0 Å². The predicted molar refractivity (Wildman–Crippen MR) is 115 cm³/mol. The Morgan fingerprint density at radius 3 is 2.38 bits per heavy atom. The summed E-state index contributed by atoms with van der Waals surface area (Å²) < 4.78 is 0. The zero-order chi connectivity index (χ0) is 20.5. The topological polar surface area (TPSA) is 60.7 Å². The number of hydrogen-bond donors (Lipinski definition) is 3. The number of phenolic OH excluding ortho intramolecular Hbond substituents is 2. The maximum atomic E-state index is 10.7. The first-order chi connectivity index (χ1) is 13.8. The van der Waals surface area contributed by atoms with Gasteiger partial charge in [-0.2, -0.15) is 0 Å². The number of aromatic hydroxyl groups is 2. The molecule has 0 radical (unpaired) electrons. The Morgan fingerprint density at radius 1 is 0.931 bits per heavy atom. The average molecular weight is 391 g/mol. The Balaban J connectivity index is 1.73. The number of phenols is 2. The zero-order valence-corrected chi connectivity index (χ0v) is 17.4. The normalized spacial score (nSPS) is 32.9. The lowest BCUT2D eigenvalue weighted by Crippen LogP contribution is -2.42. The van der Waals surface area contributed by atoms with E-state index >= 15 is 0 Å². The number of benzene rings is 2. The second kappa shape index (κ2) is 6.37. The van der Waals surface area contributed by atoms with Gasteiger partial charge in [0.05, 0.1) is 6.10 Å². The van der Waals surface area contributed by atoms with Crippen LogP contribution in [0.3, 0.4) is 0 Å². The molecule has 0 aromatic heterocycles. The van der Waals surface area contributed by atoms with Gasteiger partial charge in [0.15, 0.2) is 0 Å². The standard InChI is InChI=1S/C26H30O3/c1-14-10-17(28)11-15(2)25(14)22-13-21-19(18-5-4-16(27)12-20(18)22)8-9-26(3)23(21)6-7-24(26)29/h4-5,10-13,19,21,23-24,27-29H,6-9H2,1-3H3/t19-,21-,23+,24+,26+/m1/s1. The average Bonchev–Trinajstić information content (AvgIpc) is 2.96. The van der Waals surface area contributed by atoms with Gasteiger partial charge in [-0.15, -0.1) is 0 Å². The number of aliphatic hydroxyl groups excluding tert-OH is 1. The largest absolute Gasteiger partial charge is 0.508 e. The fourth-order valence-corrected chi connectivity index (χ4v) is 6.73. The first kappa shape index (κ1) is 18.7. The molecule has 2 aromatic rings. The molecule has 3 N–H and O–H groups in total. The molecule has 3 heteroatoms. The first-order valence-electron chi connectivity index (χ1n) is 10.8. The molecule has 3 aliphatic carbocycles. The van der Waals surface area contributed by atoms with Gasteiger partial charge in [-0.25, -0.2) is 0 Å². The molecule has 5 atom stereocenters. The molecule has 3 aliphatic rings. The van der Waals surface area contributed by atoms with E-state index in [0.29, 0.717) is 29.3 Å². The third-order valence-electron chi connectivity index (χ3n) is 8.16. The molecule has 5 rings (SSSR count). The molecule has 0 spiro atoms. The Morgan fingerprint density at radius 2 is 1.66 bits per heavy atom. The lowest BCUT2D eigenvalue weighted by molar-refractivity contribution is -0.00806. The molecule has 0 amide bonds. The summed E-state index contributed by atoms with van der Waals surface area (Å²) in [5.41, 5.74) is 6.84. The van der Waals surface area contributed by atoms with E-state index < -0.39 is 0 Å². The van der Waals surface area contributed by atoms with Crippen LogP contribution in [0.1, 0.15) is 66.3 Å². The van der Waals surface area contributed by atoms with Crippen molar-refractivity contribution in [2.45, 2.75) is 58.5 Å². The van der Waals surface area contributed by atoms with Crippen molar-refractivity contribution in [3.8, 4) is 11.5 Å². The quantitative estimate of drug-likeness (QED) is 0.608. The highest BCUT2D eigenvalue weighted by Gasteiger charge is 2.54. The summed E-state index contributed by atoms with van der Waals surface area (Å²) in [7, 11) is 0. The number of aliphatic hydroxyl groups is 1. The summed E-state index contributed by atoms with van der Waals surface area (Å²) in [6.45, 7) is 6.37. The molecule has 2 fully saturated rings. The van der Waals surface area contributed by atoms with Crippen molar-refractivity contribution in [3.05, 3.63) is 64.2 Å². The van der Waals surface area contributed by atoms with E-state index in [9.17, 15) is 15.3 Å². The highest BCUT2D eigenvalue weighted by Crippen LogP contribution is 2.61. The van der Waals surface area contributed by atoms with Gasteiger partial charge in [-0.3, -0.25) is 0 Å². The van der Waals surface area contributed by atoms with Gasteiger partial charge in [0, 0.05) is 0 Å². The molecule has 0 heterocycles. The van der Waals surface area contributed by atoms with Crippen LogP contribution in [0, 0.1) is 31.1 Å². The van der Waals surface area contributed by atoms with Gasteiger partial charge < -0.3 is 15.3 Å². The van der Waals surface area contributed by atoms with Crippen LogP contribution >= 0.6 is 0 Å². The van der Waals surface area contributed by atoms with Gasteiger partial charge in [-0.1, -0.05) is 19.1 Å². The SMILES string of the molecule is Cc1cc(O)cc(C)c1C1=C[C@@H]2[C@H](CC[C@]3(C)[C@@H](O)CC[C@@H]23)c2ccc(O)cc21. The minimum absolute atomic E-state index is 0.00373. The maximum Gasteiger partial charge on any atom is 0.116 e. The summed E-state index contributed by atoms with van der Waals surface area (Å²) >= 11 is 0. The third-order valence-corrected chi connectivity index (χ3v) is 8.16. The van der Waals surface area contributed by atoms with E-state index in [4.69, 9.17) is 0 Å². The van der Waals surface area contributed by atoms with Crippen LogP contribution in [0.2, 0.25) is 0 Å². The molecule has 0 bridgehead atoms. The van der Waals surface area contributed by atoms with Crippen molar-refractivity contribution in [1.29, 1.82) is 0 Å². The summed E-state index contributed by atoms with van der Waals surface area (Å²) in [5, 5.41) is 31.0. The molecule has 0 aliphatic heterocycles. The van der Waals surface area contributed by atoms with Crippen molar-refractivity contribution < 1.29 is 15.3 Å². The van der Waals surface area contributed by atoms with E-state index in [-0.39, 0.29) is 11.5 Å². The van der Waals surface area contributed by atoms with E-state index in [1.807, 2.05) is 38.1 Å². The summed E-state index contributed by atoms with van der Waals surface area (Å²) in [6.07, 6.45) is 6.32. The van der Waals surface area contributed by atoms with Gasteiger partial charge in [0.1, 0.15) is 11.5 Å². The molecular weight excluding hydrogens is 360 g/mol. The predicted octanol–water partition coefficient (Wildman–Crippen LogP) is 5.43. The Hall–Kier alpha value is -2.26. The van der Waals surface area contributed by atoms with E-state index in [1.54, 1.807) is 0 Å². The number of fused-ring (bicyclic) bond motifs is 5. The van der Waals surface area contributed by atoms with Crippen LogP contribution in [0.25, 0.3) is 5.57 Å². The summed E-state index contributed by atoms with van der Waals surface area (Å²) in [6, 6.07) is 9.46. The maximum absolute atomic E-state index is 10.7. The highest BCUT2D eigenvalue weighted by molar-refractivity contribution is 5.87. The lowest BCUT2D eigenvalue weighted by Gasteiger charge is -2.49. The summed E-state index contributed by atoms with van der Waals surface area (Å²) in [4.78, 5) is 0. The van der Waals surface area contributed by atoms with Crippen LogP contribution in [-0.4, -0.2) is 21.4 Å². The van der Waals surface area contributed by atoms with Crippen molar-refractivity contribution >= 4 is 5.57 Å². The monoisotopic (exact) mass is 390 g/mol. The Labute approximate surface area is 172 Å². The molecule has 2 aromatic carbocycles. The number of hydrogen-bond acceptors (Lipinski definition) is 3. The zero-order valence-electron chi connectivity index (χ0n) is 17.4. The van der Waals surface area contributed by atoms with Crippen LogP contribution in [0.4, 0.5) is 0 Å². The van der Waals surface area contributed by atoms with Gasteiger partial charge in [-0.05, 0) is 120 Å². The van der Waals surface area contributed by atoms with Crippen molar-refractivity contribution in [2.75, 3.05) is 0 Å². The van der Waals surface area contributed by atoms with Crippen LogP contribution in [-0.2, 0) is 0 Å². The molecule has 2 saturated carbocycles. The minimum atomic E-state index is -0.205. The fourth-order valence-electron chi connectivity index (χ4n) is 6.73. The number of aryl methyl sites for hydroxylation is 2. The smallest absolute Gasteiger partial charge is 0.116 e. The van der Waals surface area contributed by atoms with E-state index in [0.717, 1.165) is 53.5 Å². The van der Waals surface area contributed by atoms with Crippen molar-refractivity contribution in [1.82, 2.24) is 0 Å². The second-order valence-electron chi connectivity index (χ2n) is 9.73. The molecule has 3 nitrogen and oxygen atoms in total. The lowest BCUT2D eigenvalue weighted by atomic mass is 9.56. The van der Waals surface area contributed by atoms with Crippen molar-refractivity contribution in [2.24, 2.45) is 17.3 Å². The number of rotatable bonds is 1. The number of allylic oxidation sites excluding steroid dienone is 1. The second-order valence-corrected chi connectivity index (χ2v) is 9.73. The molecule has 29 heavy (non-hydrogen) atoms. The highest BCUT2D eigenvalue weighted by atomic mass is 16.3. The van der Waals surface area contributed by atoms with Gasteiger partial charge >= 0.3 is 0 Å². The van der Waals surface area contributed by atoms with Gasteiger partial charge in [0.25, 0.3) is 0 Å². The minimum Gasteiger partial charge on any atom is -0.508 e. The Kier molecular flexibility index (Phi) is 4.12. The van der Waals surface area contributed by atoms with E-state index in [2.05, 4.69) is 19.1 Å². The third kappa shape index (κ3) is 2.67.